The van der Waals surface area contributed by atoms with Crippen LogP contribution in [0, 0.1) is 17.2 Å². The van der Waals surface area contributed by atoms with Crippen LogP contribution < -0.4 is 9.03 Å². The molecular weight excluding hydrogens is 378 g/mol. The Kier molecular flexibility index (Phi) is 4.74. The topological polar surface area (TPSA) is 125 Å². The second kappa shape index (κ2) is 6.71. The van der Waals surface area contributed by atoms with E-state index in [9.17, 15) is 16.8 Å². The minimum atomic E-state index is -3.81. The van der Waals surface area contributed by atoms with E-state index in [0.717, 1.165) is 0 Å². The van der Waals surface area contributed by atoms with Gasteiger partial charge < -0.3 is 0 Å². The first kappa shape index (κ1) is 18.4. The van der Waals surface area contributed by atoms with Gasteiger partial charge in [-0.05, 0) is 31.2 Å². The van der Waals surface area contributed by atoms with E-state index in [4.69, 9.17) is 5.26 Å². The molecule has 1 aromatic carbocycles. The lowest BCUT2D eigenvalue weighted by Crippen LogP contribution is -2.29. The molecule has 3 rings (SSSR count). The molecular formula is C15H17N5O4S2. The third-order valence-electron chi connectivity index (χ3n) is 3.99. The lowest BCUT2D eigenvalue weighted by atomic mass is 10.2. The molecule has 1 unspecified atom stereocenters. The highest BCUT2D eigenvalue weighted by molar-refractivity contribution is 7.92. The number of aromatic nitrogens is 2. The summed E-state index contributed by atoms with van der Waals surface area (Å²) in [5.74, 6) is 0.0123. The summed E-state index contributed by atoms with van der Waals surface area (Å²) in [5.41, 5.74) is 0. The van der Waals surface area contributed by atoms with Crippen LogP contribution in [-0.4, -0.2) is 39.7 Å². The number of nitrogens with zero attached hydrogens (tertiary/aromatic N) is 4. The number of hydrogen-bond donors (Lipinski definition) is 1. The monoisotopic (exact) mass is 395 g/mol. The molecule has 0 bridgehead atoms. The Bertz CT molecular complexity index is 1050. The van der Waals surface area contributed by atoms with Gasteiger partial charge in [-0.3, -0.25) is 0 Å². The van der Waals surface area contributed by atoms with Gasteiger partial charge in [-0.25, -0.2) is 30.5 Å². The Morgan fingerprint density at radius 2 is 1.81 bits per heavy atom. The first-order chi connectivity index (χ1) is 12.3. The van der Waals surface area contributed by atoms with E-state index in [-0.39, 0.29) is 22.9 Å². The van der Waals surface area contributed by atoms with E-state index in [1.807, 2.05) is 6.07 Å². The van der Waals surface area contributed by atoms with E-state index < -0.39 is 26.0 Å². The van der Waals surface area contributed by atoms with Crippen molar-refractivity contribution in [1.82, 2.24) is 14.5 Å². The summed E-state index contributed by atoms with van der Waals surface area (Å²) in [6.45, 7) is 2.32. The highest BCUT2D eigenvalue weighted by atomic mass is 32.2. The molecule has 2 aromatic rings. The summed E-state index contributed by atoms with van der Waals surface area (Å²) < 4.78 is 55.2. The van der Waals surface area contributed by atoms with Crippen LogP contribution in [0.5, 0.6) is 0 Å². The molecule has 1 atom stereocenters. The Balaban J connectivity index is 1.83. The number of rotatable bonds is 6. The second-order valence-corrected chi connectivity index (χ2v) is 9.47. The van der Waals surface area contributed by atoms with Crippen LogP contribution in [0.4, 0.5) is 5.82 Å². The van der Waals surface area contributed by atoms with E-state index >= 15 is 0 Å². The van der Waals surface area contributed by atoms with Crippen molar-refractivity contribution in [2.45, 2.75) is 23.3 Å². The van der Waals surface area contributed by atoms with E-state index in [1.165, 1.54) is 34.8 Å². The number of benzene rings is 1. The Morgan fingerprint density at radius 1 is 1.15 bits per heavy atom. The Morgan fingerprint density at radius 3 is 2.46 bits per heavy atom. The third-order valence-corrected chi connectivity index (χ3v) is 7.24. The van der Waals surface area contributed by atoms with Crippen molar-refractivity contribution in [3.05, 3.63) is 36.5 Å². The summed E-state index contributed by atoms with van der Waals surface area (Å²) in [4.78, 5) is -0.0652. The molecule has 0 fully saturated rings. The normalized spacial score (nSPS) is 15.5. The quantitative estimate of drug-likeness (QED) is 0.760. The number of hydrogen-bond acceptors (Lipinski definition) is 6. The van der Waals surface area contributed by atoms with Gasteiger partial charge in [-0.1, -0.05) is 0 Å². The van der Waals surface area contributed by atoms with Crippen molar-refractivity contribution in [2.24, 2.45) is 5.92 Å². The summed E-state index contributed by atoms with van der Waals surface area (Å²) in [6.07, 6.45) is 1.53. The molecule has 0 saturated heterocycles. The van der Waals surface area contributed by atoms with Crippen molar-refractivity contribution in [3.8, 4) is 6.07 Å². The highest BCUT2D eigenvalue weighted by Gasteiger charge is 2.31. The maximum Gasteiger partial charge on any atom is 0.265 e. The SMILES string of the molecule is CC(C#N)CNS(=O)(=O)c1ccc(S(=O)(=O)N2CCn3nccc32)cc1. The van der Waals surface area contributed by atoms with Crippen molar-refractivity contribution in [1.29, 1.82) is 5.26 Å². The molecule has 2 heterocycles. The first-order valence-corrected chi connectivity index (χ1v) is 10.7. The van der Waals surface area contributed by atoms with Gasteiger partial charge >= 0.3 is 0 Å². The largest absolute Gasteiger partial charge is 0.265 e. The zero-order valence-electron chi connectivity index (χ0n) is 13.9. The van der Waals surface area contributed by atoms with Gasteiger partial charge in [-0.15, -0.1) is 0 Å². The van der Waals surface area contributed by atoms with Crippen LogP contribution in [0.15, 0.2) is 46.3 Å². The fourth-order valence-corrected chi connectivity index (χ4v) is 5.12. The van der Waals surface area contributed by atoms with Gasteiger partial charge in [0.05, 0.1) is 41.1 Å². The number of nitrogens with one attached hydrogen (secondary N) is 1. The predicted molar refractivity (Wildman–Crippen MR) is 93.2 cm³/mol. The van der Waals surface area contributed by atoms with Crippen molar-refractivity contribution >= 4 is 25.9 Å². The summed E-state index contributed by atoms with van der Waals surface area (Å²) in [7, 11) is -7.61. The summed E-state index contributed by atoms with van der Waals surface area (Å²) in [6, 6.07) is 8.54. The molecule has 138 valence electrons. The minimum Gasteiger partial charge on any atom is -0.248 e. The average molecular weight is 395 g/mol. The number of anilines is 1. The maximum atomic E-state index is 12.8. The second-order valence-electron chi connectivity index (χ2n) is 5.84. The van der Waals surface area contributed by atoms with Crippen LogP contribution in [0.1, 0.15) is 6.92 Å². The van der Waals surface area contributed by atoms with Crippen molar-refractivity contribution < 1.29 is 16.8 Å². The van der Waals surface area contributed by atoms with Crippen molar-refractivity contribution in [2.75, 3.05) is 17.4 Å². The Labute approximate surface area is 152 Å². The third kappa shape index (κ3) is 3.31. The lowest BCUT2D eigenvalue weighted by molar-refractivity contribution is 0.572. The molecule has 9 nitrogen and oxygen atoms in total. The zero-order chi connectivity index (χ0) is 18.9. The highest BCUT2D eigenvalue weighted by Crippen LogP contribution is 2.28. The van der Waals surface area contributed by atoms with Crippen LogP contribution >= 0.6 is 0 Å². The van der Waals surface area contributed by atoms with Crippen LogP contribution in [0.2, 0.25) is 0 Å². The predicted octanol–water partition coefficient (Wildman–Crippen LogP) is 0.530. The van der Waals surface area contributed by atoms with E-state index in [2.05, 4.69) is 9.82 Å². The van der Waals surface area contributed by atoms with Crippen LogP contribution in [-0.2, 0) is 26.6 Å². The number of fused-ring (bicyclic) bond motifs is 1. The zero-order valence-corrected chi connectivity index (χ0v) is 15.5. The fourth-order valence-electron chi connectivity index (χ4n) is 2.53. The smallest absolute Gasteiger partial charge is 0.248 e. The maximum absolute atomic E-state index is 12.8. The van der Waals surface area contributed by atoms with Gasteiger partial charge in [0.15, 0.2) is 0 Å². The molecule has 0 aliphatic carbocycles. The molecule has 1 aliphatic heterocycles. The first-order valence-electron chi connectivity index (χ1n) is 7.79. The molecule has 1 aliphatic rings. The summed E-state index contributed by atoms with van der Waals surface area (Å²) >= 11 is 0. The van der Waals surface area contributed by atoms with Gasteiger partial charge in [-0.2, -0.15) is 10.4 Å². The molecule has 11 heteroatoms. The van der Waals surface area contributed by atoms with Crippen LogP contribution in [0.3, 0.4) is 0 Å². The standard InChI is InChI=1S/C15H17N5O4S2/c1-12(10-16)11-18-25(21,22)13-2-4-14(5-3-13)26(23,24)20-9-8-19-15(20)6-7-17-19/h2-7,12,18H,8-9,11H2,1H3. The molecule has 1 aromatic heterocycles. The number of sulfonamides is 2. The molecule has 0 amide bonds. The molecule has 26 heavy (non-hydrogen) atoms. The van der Waals surface area contributed by atoms with Crippen molar-refractivity contribution in [3.63, 3.8) is 0 Å². The van der Waals surface area contributed by atoms with E-state index in [1.54, 1.807) is 17.7 Å². The van der Waals surface area contributed by atoms with Crippen LogP contribution in [0.25, 0.3) is 0 Å². The Hall–Kier alpha value is -2.42. The fraction of sp³-hybridized carbons (Fsp3) is 0.333. The molecule has 0 radical (unpaired) electrons. The van der Waals surface area contributed by atoms with Gasteiger partial charge in [0, 0.05) is 12.6 Å². The summed E-state index contributed by atoms with van der Waals surface area (Å²) in [5, 5.41) is 12.8. The lowest BCUT2D eigenvalue weighted by Gasteiger charge is -2.17. The van der Waals surface area contributed by atoms with Gasteiger partial charge in [0.25, 0.3) is 10.0 Å². The van der Waals surface area contributed by atoms with E-state index in [0.29, 0.717) is 12.4 Å². The minimum absolute atomic E-state index is 0.00325. The van der Waals surface area contributed by atoms with Gasteiger partial charge in [0.2, 0.25) is 10.0 Å². The molecule has 0 spiro atoms. The molecule has 1 N–H and O–H groups in total. The average Bonchev–Trinajstić information content (AvgIpc) is 3.23. The molecule has 0 saturated carbocycles. The number of nitriles is 1. The van der Waals surface area contributed by atoms with Gasteiger partial charge in [0.1, 0.15) is 5.82 Å².